The van der Waals surface area contributed by atoms with E-state index in [0.717, 1.165) is 34.4 Å². The summed E-state index contributed by atoms with van der Waals surface area (Å²) >= 11 is 1.54. The number of imidazole rings is 2. The molecule has 0 aliphatic heterocycles. The number of nitrogens with zero attached hydrogens (tertiary/aromatic N) is 3. The minimum absolute atomic E-state index is 0.144. The number of H-pyrrole nitrogens is 1. The molecule has 3 aromatic heterocycles. The molecule has 3 N–H and O–H groups in total. The van der Waals surface area contributed by atoms with Crippen molar-refractivity contribution in [3.05, 3.63) is 42.5 Å². The molecule has 0 radical (unpaired) electrons. The van der Waals surface area contributed by atoms with Crippen LogP contribution in [0, 0.1) is 0 Å². The Hall–Kier alpha value is -1.79. The van der Waals surface area contributed by atoms with E-state index in [1.807, 2.05) is 30.6 Å². The van der Waals surface area contributed by atoms with Crippen LogP contribution >= 0.6 is 11.8 Å². The molecule has 20 heavy (non-hydrogen) atoms. The van der Waals surface area contributed by atoms with Gasteiger partial charge in [-0.15, -0.1) is 0 Å². The smallest absolute Gasteiger partial charge is 0.171 e. The van der Waals surface area contributed by atoms with Crippen molar-refractivity contribution in [2.24, 2.45) is 5.73 Å². The van der Waals surface area contributed by atoms with Crippen LogP contribution < -0.4 is 5.73 Å². The van der Waals surface area contributed by atoms with Gasteiger partial charge in [0.1, 0.15) is 10.7 Å². The average Bonchev–Trinajstić information content (AvgIpc) is 3.08. The second-order valence-electron chi connectivity index (χ2n) is 4.66. The SMILES string of the molecule is CCC(N)Cc1c(Sc2ncc[nH]2)nc2ccccn12. The molecular formula is C14H17N5S. The Kier molecular flexibility index (Phi) is 3.75. The maximum atomic E-state index is 6.12. The third kappa shape index (κ3) is 2.57. The third-order valence-corrected chi connectivity index (χ3v) is 4.18. The lowest BCUT2D eigenvalue weighted by Crippen LogP contribution is -2.22. The van der Waals surface area contributed by atoms with E-state index in [-0.39, 0.29) is 6.04 Å². The first kappa shape index (κ1) is 13.2. The number of aromatic nitrogens is 4. The summed E-state index contributed by atoms with van der Waals surface area (Å²) in [4.78, 5) is 12.0. The van der Waals surface area contributed by atoms with Crippen molar-refractivity contribution in [1.29, 1.82) is 0 Å². The van der Waals surface area contributed by atoms with Crippen LogP contribution in [0.25, 0.3) is 5.65 Å². The summed E-state index contributed by atoms with van der Waals surface area (Å²) in [7, 11) is 0. The molecule has 1 atom stereocenters. The largest absolute Gasteiger partial charge is 0.339 e. The highest BCUT2D eigenvalue weighted by atomic mass is 32.2. The Bertz CT molecular complexity index is 689. The molecule has 5 nitrogen and oxygen atoms in total. The first-order valence-electron chi connectivity index (χ1n) is 6.66. The zero-order valence-corrected chi connectivity index (χ0v) is 12.1. The average molecular weight is 287 g/mol. The van der Waals surface area contributed by atoms with E-state index >= 15 is 0 Å². The molecule has 0 bridgehead atoms. The minimum atomic E-state index is 0.144. The van der Waals surface area contributed by atoms with Crippen LogP contribution in [0.5, 0.6) is 0 Å². The van der Waals surface area contributed by atoms with Crippen molar-refractivity contribution in [2.45, 2.75) is 36.0 Å². The van der Waals surface area contributed by atoms with Crippen molar-refractivity contribution < 1.29 is 0 Å². The zero-order chi connectivity index (χ0) is 13.9. The van der Waals surface area contributed by atoms with E-state index in [0.29, 0.717) is 0 Å². The highest BCUT2D eigenvalue weighted by Crippen LogP contribution is 2.29. The van der Waals surface area contributed by atoms with Gasteiger partial charge in [-0.3, -0.25) is 0 Å². The number of hydrogen-bond donors (Lipinski definition) is 2. The quantitative estimate of drug-likeness (QED) is 0.756. The summed E-state index contributed by atoms with van der Waals surface area (Å²) in [5, 5.41) is 1.81. The van der Waals surface area contributed by atoms with Crippen LogP contribution in [0.2, 0.25) is 0 Å². The molecule has 0 fully saturated rings. The van der Waals surface area contributed by atoms with Crippen molar-refractivity contribution >= 4 is 17.4 Å². The van der Waals surface area contributed by atoms with Crippen molar-refractivity contribution in [3.8, 4) is 0 Å². The van der Waals surface area contributed by atoms with Gasteiger partial charge in [0.05, 0.1) is 5.69 Å². The van der Waals surface area contributed by atoms with Gasteiger partial charge in [0.15, 0.2) is 5.16 Å². The Morgan fingerprint density at radius 1 is 1.45 bits per heavy atom. The van der Waals surface area contributed by atoms with Gasteiger partial charge in [-0.2, -0.15) is 0 Å². The van der Waals surface area contributed by atoms with Gasteiger partial charge in [0.2, 0.25) is 0 Å². The maximum absolute atomic E-state index is 6.12. The van der Waals surface area contributed by atoms with Crippen LogP contribution in [-0.2, 0) is 6.42 Å². The summed E-state index contributed by atoms with van der Waals surface area (Å²) < 4.78 is 2.11. The molecule has 3 aromatic rings. The number of rotatable bonds is 5. The zero-order valence-electron chi connectivity index (χ0n) is 11.3. The molecule has 0 aliphatic rings. The van der Waals surface area contributed by atoms with E-state index in [1.54, 1.807) is 18.0 Å². The molecule has 3 heterocycles. The van der Waals surface area contributed by atoms with Gasteiger partial charge in [-0.25, -0.2) is 9.97 Å². The van der Waals surface area contributed by atoms with Crippen LogP contribution in [-0.4, -0.2) is 25.4 Å². The first-order chi connectivity index (χ1) is 9.78. The molecular weight excluding hydrogens is 270 g/mol. The fourth-order valence-corrected chi connectivity index (χ4v) is 2.95. The standard InChI is InChI=1S/C14H17N5S/c1-2-10(15)9-11-13(20-14-16-6-7-17-14)18-12-5-3-4-8-19(11)12/h3-8,10H,2,9,15H2,1H3,(H,16,17). The first-order valence-corrected chi connectivity index (χ1v) is 7.48. The lowest BCUT2D eigenvalue weighted by Gasteiger charge is -2.09. The van der Waals surface area contributed by atoms with Crippen molar-refractivity contribution in [2.75, 3.05) is 0 Å². The Morgan fingerprint density at radius 2 is 2.35 bits per heavy atom. The van der Waals surface area contributed by atoms with Gasteiger partial charge in [-0.1, -0.05) is 13.0 Å². The normalized spacial score (nSPS) is 12.9. The molecule has 1 unspecified atom stereocenters. The predicted octanol–water partition coefficient (Wildman–Crippen LogP) is 2.49. The molecule has 0 aliphatic carbocycles. The number of fused-ring (bicyclic) bond motifs is 1. The summed E-state index contributed by atoms with van der Waals surface area (Å²) in [6, 6.07) is 6.16. The fraction of sp³-hybridized carbons (Fsp3) is 0.286. The van der Waals surface area contributed by atoms with Crippen LogP contribution in [0.1, 0.15) is 19.0 Å². The number of pyridine rings is 1. The van der Waals surface area contributed by atoms with E-state index in [1.165, 1.54) is 0 Å². The van der Waals surface area contributed by atoms with E-state index in [9.17, 15) is 0 Å². The molecule has 0 saturated heterocycles. The highest BCUT2D eigenvalue weighted by molar-refractivity contribution is 7.99. The second kappa shape index (κ2) is 5.68. The maximum Gasteiger partial charge on any atom is 0.171 e. The lowest BCUT2D eigenvalue weighted by molar-refractivity contribution is 0.627. The van der Waals surface area contributed by atoms with Gasteiger partial charge in [0.25, 0.3) is 0 Å². The Morgan fingerprint density at radius 3 is 3.10 bits per heavy atom. The Balaban J connectivity index is 2.02. The topological polar surface area (TPSA) is 72.0 Å². The highest BCUT2D eigenvalue weighted by Gasteiger charge is 2.16. The van der Waals surface area contributed by atoms with Crippen LogP contribution in [0.4, 0.5) is 0 Å². The molecule has 0 saturated carbocycles. The van der Waals surface area contributed by atoms with Crippen molar-refractivity contribution in [3.63, 3.8) is 0 Å². The minimum Gasteiger partial charge on any atom is -0.339 e. The van der Waals surface area contributed by atoms with E-state index in [2.05, 4.69) is 26.3 Å². The molecule has 0 aromatic carbocycles. The lowest BCUT2D eigenvalue weighted by atomic mass is 10.1. The Labute approximate surface area is 121 Å². The summed E-state index contributed by atoms with van der Waals surface area (Å²) in [6.45, 7) is 2.10. The monoisotopic (exact) mass is 287 g/mol. The molecule has 0 amide bonds. The van der Waals surface area contributed by atoms with Crippen LogP contribution in [0.3, 0.4) is 0 Å². The third-order valence-electron chi connectivity index (χ3n) is 3.24. The fourth-order valence-electron chi connectivity index (χ4n) is 2.08. The van der Waals surface area contributed by atoms with E-state index < -0.39 is 0 Å². The second-order valence-corrected chi connectivity index (χ2v) is 5.64. The molecule has 0 spiro atoms. The number of nitrogens with one attached hydrogen (secondary N) is 1. The van der Waals surface area contributed by atoms with Crippen molar-refractivity contribution in [1.82, 2.24) is 19.4 Å². The van der Waals surface area contributed by atoms with Gasteiger partial charge >= 0.3 is 0 Å². The van der Waals surface area contributed by atoms with Gasteiger partial charge in [-0.05, 0) is 30.3 Å². The number of hydrogen-bond acceptors (Lipinski definition) is 4. The predicted molar refractivity (Wildman–Crippen MR) is 79.9 cm³/mol. The molecule has 6 heteroatoms. The summed E-state index contributed by atoms with van der Waals surface area (Å²) in [5.41, 5.74) is 8.22. The summed E-state index contributed by atoms with van der Waals surface area (Å²) in [5.74, 6) is 0. The molecule has 3 rings (SSSR count). The van der Waals surface area contributed by atoms with Crippen LogP contribution in [0.15, 0.2) is 47.0 Å². The van der Waals surface area contributed by atoms with Gasteiger partial charge < -0.3 is 15.1 Å². The van der Waals surface area contributed by atoms with Gasteiger partial charge in [0, 0.05) is 31.1 Å². The number of nitrogens with two attached hydrogens (primary N) is 1. The number of aromatic amines is 1. The molecule has 104 valence electrons. The summed E-state index contributed by atoms with van der Waals surface area (Å²) in [6.07, 6.45) is 7.35. The van der Waals surface area contributed by atoms with E-state index in [4.69, 9.17) is 5.73 Å².